The maximum absolute atomic E-state index is 12.8. The van der Waals surface area contributed by atoms with Crippen molar-refractivity contribution in [3.8, 4) is 0 Å². The van der Waals surface area contributed by atoms with Gasteiger partial charge < -0.3 is 33.3 Å². The number of ether oxygens (including phenoxy) is 4. The predicted molar refractivity (Wildman–Crippen MR) is 251 cm³/mol. The first kappa shape index (κ1) is 57.7. The van der Waals surface area contributed by atoms with Crippen LogP contribution < -0.4 is 5.11 Å². The fourth-order valence-electron chi connectivity index (χ4n) is 6.20. The van der Waals surface area contributed by atoms with Gasteiger partial charge in [-0.05, 0) is 83.5 Å². The van der Waals surface area contributed by atoms with Crippen molar-refractivity contribution in [1.29, 1.82) is 0 Å². The number of quaternary nitrogens is 1. The van der Waals surface area contributed by atoms with E-state index in [4.69, 9.17) is 18.9 Å². The van der Waals surface area contributed by atoms with Gasteiger partial charge in [-0.1, -0.05) is 157 Å². The zero-order valence-corrected chi connectivity index (χ0v) is 39.5. The molecular formula is C52H89NO8. The molecule has 61 heavy (non-hydrogen) atoms. The fourth-order valence-corrected chi connectivity index (χ4v) is 6.20. The molecule has 0 aliphatic heterocycles. The highest BCUT2D eigenvalue weighted by Crippen LogP contribution is 2.13. The summed E-state index contributed by atoms with van der Waals surface area (Å²) in [7, 11) is 5.89. The summed E-state index contributed by atoms with van der Waals surface area (Å²) in [4.78, 5) is 37.0. The highest BCUT2D eigenvalue weighted by Gasteiger charge is 2.21. The van der Waals surface area contributed by atoms with Crippen LogP contribution in [-0.2, 0) is 33.3 Å². The van der Waals surface area contributed by atoms with E-state index in [0.717, 1.165) is 77.0 Å². The standard InChI is InChI=1S/C52H89NO8/c1-6-8-10-12-14-16-18-20-21-22-23-24-25-26-27-28-29-31-33-35-37-39-41-43-50(55)61-48(47-60-52(51(56)57)58-45-44-53(3,4)5)46-59-49(54)42-40-38-36-34-32-30-19-17-15-13-11-9-7-2/h9,11,15,17-18,20,22-23,25-26,30,32,48,52H,6-8,10,12-14,16,19,21,24,27-29,31,33-47H2,1-5H3/b11-9-,17-15-,20-18-,23-22-,26-25-,32-30-. The second-order valence-corrected chi connectivity index (χ2v) is 17.0. The van der Waals surface area contributed by atoms with E-state index in [9.17, 15) is 19.5 Å². The normalized spacial score (nSPS) is 13.5. The van der Waals surface area contributed by atoms with E-state index in [0.29, 0.717) is 23.9 Å². The number of carbonyl (C=O) groups excluding carboxylic acids is 3. The van der Waals surface area contributed by atoms with Crippen LogP contribution in [0.3, 0.4) is 0 Å². The first-order valence-corrected chi connectivity index (χ1v) is 24.1. The molecular weight excluding hydrogens is 767 g/mol. The summed E-state index contributed by atoms with van der Waals surface area (Å²) in [6.45, 7) is 4.55. The van der Waals surface area contributed by atoms with Crippen molar-refractivity contribution >= 4 is 17.9 Å². The van der Waals surface area contributed by atoms with Crippen LogP contribution in [0, 0.1) is 0 Å². The molecule has 0 aliphatic rings. The Labute approximate surface area is 373 Å². The molecule has 0 saturated carbocycles. The summed E-state index contributed by atoms with van der Waals surface area (Å²) < 4.78 is 22.5. The Morgan fingerprint density at radius 3 is 1.41 bits per heavy atom. The van der Waals surface area contributed by atoms with Crippen LogP contribution in [0.1, 0.15) is 181 Å². The molecule has 0 bridgehead atoms. The van der Waals surface area contributed by atoms with Gasteiger partial charge in [-0.3, -0.25) is 9.59 Å². The number of hydrogen-bond acceptors (Lipinski definition) is 8. The molecule has 9 heteroatoms. The average Bonchev–Trinajstić information content (AvgIpc) is 3.22. The van der Waals surface area contributed by atoms with E-state index >= 15 is 0 Å². The van der Waals surface area contributed by atoms with Crippen LogP contribution in [-0.4, -0.2) is 82.3 Å². The van der Waals surface area contributed by atoms with Crippen LogP contribution in [0.5, 0.6) is 0 Å². The molecule has 0 N–H and O–H groups in total. The number of allylic oxidation sites excluding steroid dienone is 12. The number of unbranched alkanes of at least 4 members (excludes halogenated alkanes) is 16. The minimum absolute atomic E-state index is 0.138. The maximum atomic E-state index is 12.8. The van der Waals surface area contributed by atoms with E-state index in [1.165, 1.54) is 64.2 Å². The first-order valence-electron chi connectivity index (χ1n) is 24.1. The Morgan fingerprint density at radius 1 is 0.508 bits per heavy atom. The Kier molecular flexibility index (Phi) is 41.1. The third-order valence-electron chi connectivity index (χ3n) is 9.94. The second-order valence-electron chi connectivity index (χ2n) is 17.0. The summed E-state index contributed by atoms with van der Waals surface area (Å²) in [5, 5.41) is 11.7. The number of rotatable bonds is 43. The number of aliphatic carboxylic acids is 1. The minimum atomic E-state index is -1.63. The Balaban J connectivity index is 4.40. The van der Waals surface area contributed by atoms with Crippen molar-refractivity contribution in [2.45, 2.75) is 193 Å². The third-order valence-corrected chi connectivity index (χ3v) is 9.94. The summed E-state index contributed by atoms with van der Waals surface area (Å²) >= 11 is 0. The molecule has 9 nitrogen and oxygen atoms in total. The molecule has 0 aliphatic carbocycles. The van der Waals surface area contributed by atoms with Crippen LogP contribution in [0.15, 0.2) is 72.9 Å². The van der Waals surface area contributed by atoms with Crippen molar-refractivity contribution in [1.82, 2.24) is 0 Å². The highest BCUT2D eigenvalue weighted by atomic mass is 16.7. The average molecular weight is 856 g/mol. The molecule has 0 radical (unpaired) electrons. The minimum Gasteiger partial charge on any atom is -0.545 e. The lowest BCUT2D eigenvalue weighted by atomic mass is 10.1. The van der Waals surface area contributed by atoms with E-state index in [1.54, 1.807) is 0 Å². The molecule has 0 saturated heterocycles. The lowest BCUT2D eigenvalue weighted by Crippen LogP contribution is -2.44. The summed E-state index contributed by atoms with van der Waals surface area (Å²) in [6.07, 6.45) is 50.8. The molecule has 350 valence electrons. The lowest BCUT2D eigenvalue weighted by Gasteiger charge is -2.26. The second kappa shape index (κ2) is 43.4. The number of carbonyl (C=O) groups is 3. The number of nitrogens with zero attached hydrogens (tertiary/aromatic N) is 1. The van der Waals surface area contributed by atoms with Gasteiger partial charge in [-0.15, -0.1) is 0 Å². The molecule has 0 spiro atoms. The van der Waals surface area contributed by atoms with Gasteiger partial charge in [0, 0.05) is 12.8 Å². The van der Waals surface area contributed by atoms with Gasteiger partial charge in [0.2, 0.25) is 0 Å². The molecule has 0 fully saturated rings. The van der Waals surface area contributed by atoms with Crippen LogP contribution in [0.25, 0.3) is 0 Å². The van der Waals surface area contributed by atoms with E-state index in [-0.39, 0.29) is 32.7 Å². The van der Waals surface area contributed by atoms with Crippen molar-refractivity contribution in [2.75, 3.05) is 47.5 Å². The van der Waals surface area contributed by atoms with E-state index in [2.05, 4.69) is 86.8 Å². The van der Waals surface area contributed by atoms with Crippen molar-refractivity contribution in [3.63, 3.8) is 0 Å². The van der Waals surface area contributed by atoms with Gasteiger partial charge in [0.15, 0.2) is 12.4 Å². The molecule has 0 aromatic rings. The summed E-state index contributed by atoms with van der Waals surface area (Å²) in [6, 6.07) is 0. The monoisotopic (exact) mass is 856 g/mol. The molecule has 2 atom stereocenters. The first-order chi connectivity index (χ1) is 29.6. The Hall–Kier alpha value is -3.27. The van der Waals surface area contributed by atoms with Gasteiger partial charge in [-0.2, -0.15) is 0 Å². The third kappa shape index (κ3) is 44.6. The van der Waals surface area contributed by atoms with Crippen molar-refractivity contribution < 1.29 is 42.9 Å². The van der Waals surface area contributed by atoms with E-state index < -0.39 is 30.3 Å². The van der Waals surface area contributed by atoms with Crippen molar-refractivity contribution in [3.05, 3.63) is 72.9 Å². The predicted octanol–water partition coefficient (Wildman–Crippen LogP) is 11.8. The molecule has 0 aromatic heterocycles. The smallest absolute Gasteiger partial charge is 0.306 e. The quantitative estimate of drug-likeness (QED) is 0.0196. The summed E-state index contributed by atoms with van der Waals surface area (Å²) in [5.41, 5.74) is 0. The molecule has 0 heterocycles. The van der Waals surface area contributed by atoms with Gasteiger partial charge >= 0.3 is 11.9 Å². The van der Waals surface area contributed by atoms with Crippen LogP contribution in [0.2, 0.25) is 0 Å². The molecule has 0 aromatic carbocycles. The number of carboxylic acid groups (broad SMARTS) is 1. The van der Waals surface area contributed by atoms with Gasteiger partial charge in [0.05, 0.1) is 40.3 Å². The number of hydrogen-bond donors (Lipinski definition) is 0. The highest BCUT2D eigenvalue weighted by molar-refractivity contribution is 5.70. The van der Waals surface area contributed by atoms with Crippen molar-refractivity contribution in [2.24, 2.45) is 0 Å². The SMILES string of the molecule is CC/C=C\C/C=C\C/C=C\CCCCCC(=O)OCC(COC(OCC[N+](C)(C)C)C(=O)[O-])OC(=O)CCCCCCCCCC/C=C\C/C=C\C/C=C\CCCCCCC. The van der Waals surface area contributed by atoms with Crippen LogP contribution in [0.4, 0.5) is 0 Å². The number of esters is 2. The lowest BCUT2D eigenvalue weighted by molar-refractivity contribution is -0.870. The topological polar surface area (TPSA) is 111 Å². The van der Waals surface area contributed by atoms with Gasteiger partial charge in [-0.25, -0.2) is 0 Å². The Bertz CT molecular complexity index is 1230. The molecule has 0 amide bonds. The van der Waals surface area contributed by atoms with Gasteiger partial charge in [0.1, 0.15) is 13.2 Å². The molecule has 0 rings (SSSR count). The van der Waals surface area contributed by atoms with Gasteiger partial charge in [0.25, 0.3) is 0 Å². The largest absolute Gasteiger partial charge is 0.545 e. The number of likely N-dealkylation sites (N-methyl/N-ethyl adjacent to an activating group) is 1. The zero-order chi connectivity index (χ0) is 44.9. The maximum Gasteiger partial charge on any atom is 0.306 e. The van der Waals surface area contributed by atoms with E-state index in [1.807, 2.05) is 21.1 Å². The molecule has 2 unspecified atom stereocenters. The zero-order valence-electron chi connectivity index (χ0n) is 39.5. The van der Waals surface area contributed by atoms with Crippen LogP contribution >= 0.6 is 0 Å². The summed E-state index contributed by atoms with van der Waals surface area (Å²) in [5.74, 6) is -2.34. The fraction of sp³-hybridized carbons (Fsp3) is 0.712. The Morgan fingerprint density at radius 2 is 0.934 bits per heavy atom. The number of carboxylic acids is 1.